The van der Waals surface area contributed by atoms with E-state index in [1.54, 1.807) is 36.7 Å². The second kappa shape index (κ2) is 23.4. The molecule has 4 fully saturated rings. The Bertz CT molecular complexity index is 2460. The van der Waals surface area contributed by atoms with Crippen LogP contribution in [0, 0.1) is 11.3 Å². The number of hydrogen-bond donors (Lipinski definition) is 2. The topological polar surface area (TPSA) is 180 Å². The number of benzene rings is 1. The van der Waals surface area contributed by atoms with E-state index in [0.29, 0.717) is 78.0 Å². The molecule has 0 unspecified atom stereocenters. The van der Waals surface area contributed by atoms with Crippen molar-refractivity contribution in [1.29, 1.82) is 0 Å². The Morgan fingerprint density at radius 1 is 1.08 bits per heavy atom. The zero-order chi connectivity index (χ0) is 52.1. The molecule has 2 aromatic heterocycles. The predicted molar refractivity (Wildman–Crippen MR) is 281 cm³/mol. The van der Waals surface area contributed by atoms with Gasteiger partial charge in [0.25, 0.3) is 8.96 Å². The Morgan fingerprint density at radius 2 is 1.83 bits per heavy atom. The lowest BCUT2D eigenvalue weighted by atomic mass is 9.84. The first-order valence-electron chi connectivity index (χ1n) is 25.6. The van der Waals surface area contributed by atoms with Crippen molar-refractivity contribution in [2.24, 2.45) is 11.3 Å². The molecule has 2 N–H and O–H groups in total. The molecule has 3 aromatic rings. The minimum atomic E-state index is -2.20. The summed E-state index contributed by atoms with van der Waals surface area (Å²) in [7, 11) is 0.193. The standard InChI is InChI=1S/C52H77N9O9Si2/c1-12-43(62)58-26-28-69-52(32-58)20-24-57(25-21-52)49(65)56(8)45(35(3)4)47(63)55-72(11)50(66)61-23-15-17-41(54-61)48(64)68-33-51(6,7)31-40-39-30-37(59-27-29-70-71(10)34-59)18-19-42(39)60(13-2)46(40)38-16-14-22-53-44(38)36(5)67-9/h12,14,16,18-19,22,30,35-36,41,45,54H,1,13,15,17,20-21,23-29,31-34H2,2-11H3,(H,55,63)/t36-,41-,45-/m0/s1. The Hall–Kier alpha value is -5.13. The molecule has 0 saturated carbocycles. The van der Waals surface area contributed by atoms with Gasteiger partial charge >= 0.3 is 12.0 Å². The van der Waals surface area contributed by atoms with Gasteiger partial charge in [-0.25, -0.2) is 10.2 Å². The molecular formula is C52H77N9O9Si2. The van der Waals surface area contributed by atoms with Crippen LogP contribution in [0.5, 0.6) is 0 Å². The van der Waals surface area contributed by atoms with Gasteiger partial charge in [-0.15, -0.1) is 0 Å². The monoisotopic (exact) mass is 1030 g/mol. The Labute approximate surface area is 429 Å². The lowest BCUT2D eigenvalue weighted by Gasteiger charge is -2.47. The van der Waals surface area contributed by atoms with Gasteiger partial charge in [-0.3, -0.25) is 29.2 Å². The first-order valence-corrected chi connectivity index (χ1v) is 29.7. The predicted octanol–water partition coefficient (Wildman–Crippen LogP) is 5.90. The van der Waals surface area contributed by atoms with Gasteiger partial charge in [0.15, 0.2) is 0 Å². The number of piperidine rings is 1. The third-order valence-corrected chi connectivity index (χ3v) is 17.8. The number of anilines is 1. The van der Waals surface area contributed by atoms with E-state index in [1.165, 1.54) is 16.0 Å². The van der Waals surface area contributed by atoms with Crippen LogP contribution in [0.2, 0.25) is 13.1 Å². The maximum Gasteiger partial charge on any atom is 0.324 e. The minimum Gasteiger partial charge on any atom is -0.464 e. The number of aryl methyl sites for hydroxylation is 1. The van der Waals surface area contributed by atoms with Gasteiger partial charge in [0.2, 0.25) is 26.4 Å². The molecule has 2 radical (unpaired) electrons. The van der Waals surface area contributed by atoms with E-state index in [1.807, 2.05) is 26.8 Å². The highest BCUT2D eigenvalue weighted by Crippen LogP contribution is 2.42. The number of likely N-dealkylation sites (tertiary alicyclic amines) is 1. The number of urea groups is 1. The van der Waals surface area contributed by atoms with Crippen molar-refractivity contribution in [3.63, 3.8) is 0 Å². The maximum absolute atomic E-state index is 14.0. The number of hydrazine groups is 1. The van der Waals surface area contributed by atoms with Crippen LogP contribution in [0.15, 0.2) is 49.2 Å². The summed E-state index contributed by atoms with van der Waals surface area (Å²) >= 11 is 0. The van der Waals surface area contributed by atoms with E-state index in [9.17, 15) is 24.0 Å². The van der Waals surface area contributed by atoms with Crippen LogP contribution in [-0.2, 0) is 46.0 Å². The molecule has 20 heteroatoms. The zero-order valence-electron chi connectivity index (χ0n) is 44.2. The van der Waals surface area contributed by atoms with E-state index in [0.717, 1.165) is 58.4 Å². The number of methoxy groups -OCH3 is 1. The number of nitrogens with zero attached hydrogens (tertiary/aromatic N) is 7. The van der Waals surface area contributed by atoms with Gasteiger partial charge in [-0.1, -0.05) is 34.3 Å². The molecule has 4 saturated heterocycles. The second-order valence-electron chi connectivity index (χ2n) is 21.0. The average molecular weight is 1030 g/mol. The third-order valence-electron chi connectivity index (χ3n) is 14.7. The van der Waals surface area contributed by atoms with Crippen molar-refractivity contribution in [2.45, 2.75) is 117 Å². The van der Waals surface area contributed by atoms with Crippen LogP contribution in [-0.4, -0.2) is 174 Å². The number of rotatable bonds is 16. The Kier molecular flexibility index (Phi) is 17.8. The molecule has 3 atom stereocenters. The van der Waals surface area contributed by atoms with E-state index >= 15 is 0 Å². The summed E-state index contributed by atoms with van der Waals surface area (Å²) in [6.07, 6.45) is 6.55. The molecule has 4 aliphatic rings. The van der Waals surface area contributed by atoms with Gasteiger partial charge in [-0.2, -0.15) is 0 Å². The normalized spacial score (nSPS) is 19.7. The summed E-state index contributed by atoms with van der Waals surface area (Å²) in [6.45, 7) is 24.7. The number of fused-ring (bicyclic) bond motifs is 1. The summed E-state index contributed by atoms with van der Waals surface area (Å²) in [4.78, 5) is 83.3. The fraction of sp³-hybridized carbons (Fsp3) is 0.615. The number of esters is 1. The van der Waals surface area contributed by atoms with Crippen molar-refractivity contribution in [3.8, 4) is 11.3 Å². The van der Waals surface area contributed by atoms with Gasteiger partial charge in [0, 0.05) is 93.4 Å². The molecule has 392 valence electrons. The van der Waals surface area contributed by atoms with E-state index in [-0.39, 0.29) is 36.1 Å². The molecule has 6 heterocycles. The number of ether oxygens (including phenoxy) is 3. The third kappa shape index (κ3) is 12.1. The number of carbonyl (C=O) groups is 5. The number of pyridine rings is 1. The lowest BCUT2D eigenvalue weighted by molar-refractivity contribution is -0.154. The fourth-order valence-corrected chi connectivity index (χ4v) is 13.4. The van der Waals surface area contributed by atoms with E-state index in [2.05, 4.69) is 78.0 Å². The molecule has 18 nitrogen and oxygen atoms in total. The van der Waals surface area contributed by atoms with Crippen LogP contribution in [0.25, 0.3) is 22.2 Å². The fourth-order valence-electron chi connectivity index (χ4n) is 10.8. The van der Waals surface area contributed by atoms with Crippen molar-refractivity contribution in [3.05, 3.63) is 60.4 Å². The van der Waals surface area contributed by atoms with Gasteiger partial charge in [0.1, 0.15) is 12.1 Å². The zero-order valence-corrected chi connectivity index (χ0v) is 46.2. The number of likely N-dealkylation sites (N-methyl/N-ethyl adjacent to an activating group) is 1. The molecular weight excluding hydrogens is 951 g/mol. The smallest absolute Gasteiger partial charge is 0.324 e. The molecule has 5 amide bonds. The average Bonchev–Trinajstić information content (AvgIpc) is 3.68. The van der Waals surface area contributed by atoms with Gasteiger partial charge in [-0.05, 0) is 107 Å². The van der Waals surface area contributed by atoms with Gasteiger partial charge in [0.05, 0.1) is 49.5 Å². The molecule has 1 aromatic carbocycles. The van der Waals surface area contributed by atoms with Crippen LogP contribution in [0.1, 0.15) is 84.6 Å². The number of nitrogens with one attached hydrogen (secondary N) is 2. The first-order chi connectivity index (χ1) is 34.3. The van der Waals surface area contributed by atoms with E-state index in [4.69, 9.17) is 23.6 Å². The Balaban J connectivity index is 0.992. The van der Waals surface area contributed by atoms with E-state index < -0.39 is 53.0 Å². The number of aromatic nitrogens is 2. The minimum absolute atomic E-state index is 0.132. The molecule has 1 spiro atoms. The number of morpholine rings is 1. The SMILES string of the molecule is C=CC(=O)N1CCOC2(CCN(C(=O)N(C)[C@H](C(=O)N[Si](C)C(=O)N3CCC[C@@H](C(=O)OCC(C)(C)Cc4c(-c5cccnc5[C@H](C)OC)n(CC)c5ccc(N6CCO[Si](C)C6)cc45)N3)C(C)C)CC2)C1. The molecule has 0 aliphatic carbocycles. The van der Waals surface area contributed by atoms with Crippen molar-refractivity contribution in [2.75, 3.05) is 84.3 Å². The second-order valence-corrected chi connectivity index (χ2v) is 24.9. The van der Waals surface area contributed by atoms with Crippen LogP contribution in [0.3, 0.4) is 0 Å². The largest absolute Gasteiger partial charge is 0.464 e. The lowest BCUT2D eigenvalue weighted by Crippen LogP contribution is -2.63. The highest BCUT2D eigenvalue weighted by molar-refractivity contribution is 6.88. The quantitative estimate of drug-likeness (QED) is 0.0987. The molecule has 7 rings (SSSR count). The summed E-state index contributed by atoms with van der Waals surface area (Å²) < 4.78 is 26.5. The van der Waals surface area contributed by atoms with Crippen LogP contribution in [0.4, 0.5) is 15.3 Å². The highest BCUT2D eigenvalue weighted by Gasteiger charge is 2.44. The number of hydrogen-bond acceptors (Lipinski definition) is 12. The maximum atomic E-state index is 14.0. The van der Waals surface area contributed by atoms with Crippen molar-refractivity contribution < 1.29 is 42.6 Å². The summed E-state index contributed by atoms with van der Waals surface area (Å²) in [5.41, 5.74) is 8.16. The van der Waals surface area contributed by atoms with Crippen LogP contribution >= 0.6 is 0 Å². The van der Waals surface area contributed by atoms with Crippen LogP contribution < -0.4 is 15.3 Å². The summed E-state index contributed by atoms with van der Waals surface area (Å²) in [5, 5.41) is 2.59. The molecule has 72 heavy (non-hydrogen) atoms. The first kappa shape index (κ1) is 54.6. The molecule has 4 aliphatic heterocycles. The number of carbonyl (C=O) groups excluding carboxylic acids is 5. The highest BCUT2D eigenvalue weighted by atomic mass is 28.3. The summed E-state index contributed by atoms with van der Waals surface area (Å²) in [5.74, 6) is -1.23. The van der Waals surface area contributed by atoms with Crippen molar-refractivity contribution in [1.82, 2.24) is 39.7 Å². The number of amides is 5. The molecule has 0 bridgehead atoms. The van der Waals surface area contributed by atoms with Gasteiger partial charge < -0.3 is 47.8 Å². The van der Waals surface area contributed by atoms with Crippen molar-refractivity contribution >= 4 is 63.9 Å². The Morgan fingerprint density at radius 3 is 2.51 bits per heavy atom. The summed E-state index contributed by atoms with van der Waals surface area (Å²) in [6, 6.07) is 8.96.